The molecule has 1 aromatic rings. The molecule has 0 saturated carbocycles. The van der Waals surface area contributed by atoms with E-state index in [-0.39, 0.29) is 4.90 Å². The number of ether oxygens (including phenoxy) is 1. The van der Waals surface area contributed by atoms with Crippen LogP contribution in [0.4, 0.5) is 0 Å². The van der Waals surface area contributed by atoms with Crippen LogP contribution in [0.3, 0.4) is 0 Å². The highest BCUT2D eigenvalue weighted by Gasteiger charge is 2.20. The van der Waals surface area contributed by atoms with Crippen LogP contribution in [0.2, 0.25) is 0 Å². The van der Waals surface area contributed by atoms with E-state index in [2.05, 4.69) is 23.5 Å². The SMILES string of the molecule is CCN(CC)CCCCNS(=O)(=O)c1cc(C)c(C)cc1OC. The number of methoxy groups -OCH3 is 1. The summed E-state index contributed by atoms with van der Waals surface area (Å²) >= 11 is 0. The minimum Gasteiger partial charge on any atom is -0.495 e. The van der Waals surface area contributed by atoms with Gasteiger partial charge in [0.1, 0.15) is 10.6 Å². The molecule has 5 nitrogen and oxygen atoms in total. The molecule has 1 N–H and O–H groups in total. The standard InChI is InChI=1S/C17H30N2O3S/c1-6-19(7-2)11-9-8-10-18-23(20,21)17-13-15(4)14(3)12-16(17)22-5/h12-13,18H,6-11H2,1-5H3. The summed E-state index contributed by atoms with van der Waals surface area (Å²) < 4.78 is 32.9. The maximum Gasteiger partial charge on any atom is 0.244 e. The van der Waals surface area contributed by atoms with Crippen LogP contribution in [0.15, 0.2) is 17.0 Å². The van der Waals surface area contributed by atoms with E-state index >= 15 is 0 Å². The lowest BCUT2D eigenvalue weighted by Crippen LogP contribution is -2.27. The van der Waals surface area contributed by atoms with Crippen molar-refractivity contribution in [3.05, 3.63) is 23.3 Å². The van der Waals surface area contributed by atoms with Gasteiger partial charge in [-0.3, -0.25) is 0 Å². The first-order chi connectivity index (χ1) is 10.9. The third kappa shape index (κ3) is 5.79. The molecule has 0 aliphatic carbocycles. The van der Waals surface area contributed by atoms with Crippen LogP contribution in [-0.4, -0.2) is 46.6 Å². The first-order valence-electron chi connectivity index (χ1n) is 8.23. The summed E-state index contributed by atoms with van der Waals surface area (Å²) in [6, 6.07) is 3.44. The third-order valence-electron chi connectivity index (χ3n) is 4.16. The molecule has 0 unspecified atom stereocenters. The van der Waals surface area contributed by atoms with Gasteiger partial charge in [-0.05, 0) is 69.6 Å². The highest BCUT2D eigenvalue weighted by Crippen LogP contribution is 2.27. The van der Waals surface area contributed by atoms with E-state index in [1.807, 2.05) is 13.8 Å². The fraction of sp³-hybridized carbons (Fsp3) is 0.647. The molecule has 0 spiro atoms. The lowest BCUT2D eigenvalue weighted by Gasteiger charge is -2.17. The predicted molar refractivity (Wildman–Crippen MR) is 94.7 cm³/mol. The van der Waals surface area contributed by atoms with Gasteiger partial charge in [0.05, 0.1) is 7.11 Å². The van der Waals surface area contributed by atoms with Crippen LogP contribution < -0.4 is 9.46 Å². The van der Waals surface area contributed by atoms with Gasteiger partial charge in [0, 0.05) is 6.54 Å². The van der Waals surface area contributed by atoms with Crippen molar-refractivity contribution in [2.24, 2.45) is 0 Å². The highest BCUT2D eigenvalue weighted by molar-refractivity contribution is 7.89. The number of nitrogens with zero attached hydrogens (tertiary/aromatic N) is 1. The number of nitrogens with one attached hydrogen (secondary N) is 1. The van der Waals surface area contributed by atoms with Crippen LogP contribution in [0.1, 0.15) is 37.8 Å². The second-order valence-corrected chi connectivity index (χ2v) is 7.45. The molecule has 0 aliphatic rings. The van der Waals surface area contributed by atoms with Gasteiger partial charge in [-0.25, -0.2) is 13.1 Å². The first-order valence-corrected chi connectivity index (χ1v) is 9.71. The van der Waals surface area contributed by atoms with Crippen molar-refractivity contribution in [3.63, 3.8) is 0 Å². The van der Waals surface area contributed by atoms with Crippen molar-refractivity contribution < 1.29 is 13.2 Å². The Morgan fingerprint density at radius 3 is 2.26 bits per heavy atom. The van der Waals surface area contributed by atoms with E-state index in [0.29, 0.717) is 12.3 Å². The molecule has 0 amide bonds. The Morgan fingerprint density at radius 1 is 1.09 bits per heavy atom. The molecule has 0 saturated heterocycles. The number of unbranched alkanes of at least 4 members (excludes halogenated alkanes) is 1. The Morgan fingerprint density at radius 2 is 1.70 bits per heavy atom. The highest BCUT2D eigenvalue weighted by atomic mass is 32.2. The van der Waals surface area contributed by atoms with Crippen molar-refractivity contribution in [2.75, 3.05) is 33.3 Å². The molecule has 1 aromatic carbocycles. The average molecular weight is 343 g/mol. The maximum absolute atomic E-state index is 12.5. The zero-order valence-electron chi connectivity index (χ0n) is 15.0. The molecular formula is C17H30N2O3S. The van der Waals surface area contributed by atoms with E-state index in [1.54, 1.807) is 12.1 Å². The topological polar surface area (TPSA) is 58.6 Å². The van der Waals surface area contributed by atoms with Gasteiger partial charge < -0.3 is 9.64 Å². The zero-order valence-corrected chi connectivity index (χ0v) is 15.8. The van der Waals surface area contributed by atoms with Crippen molar-refractivity contribution in [3.8, 4) is 5.75 Å². The quantitative estimate of drug-likeness (QED) is 0.664. The van der Waals surface area contributed by atoms with Gasteiger partial charge in [-0.15, -0.1) is 0 Å². The van der Waals surface area contributed by atoms with E-state index in [1.165, 1.54) is 7.11 Å². The second-order valence-electron chi connectivity index (χ2n) is 5.72. The zero-order chi connectivity index (χ0) is 17.5. The molecule has 0 fully saturated rings. The smallest absolute Gasteiger partial charge is 0.244 e. The maximum atomic E-state index is 12.5. The third-order valence-corrected chi connectivity index (χ3v) is 5.64. The number of sulfonamides is 1. The van der Waals surface area contributed by atoms with Crippen LogP contribution in [-0.2, 0) is 10.0 Å². The van der Waals surface area contributed by atoms with Crippen LogP contribution in [0.25, 0.3) is 0 Å². The number of benzene rings is 1. The average Bonchev–Trinajstić information content (AvgIpc) is 2.52. The lowest BCUT2D eigenvalue weighted by molar-refractivity contribution is 0.297. The van der Waals surface area contributed by atoms with Gasteiger partial charge >= 0.3 is 0 Å². The minimum atomic E-state index is -3.54. The Hall–Kier alpha value is -1.11. The summed E-state index contributed by atoms with van der Waals surface area (Å²) in [7, 11) is -2.05. The molecule has 23 heavy (non-hydrogen) atoms. The summed E-state index contributed by atoms with van der Waals surface area (Å²) in [6.07, 6.45) is 1.80. The number of aryl methyl sites for hydroxylation is 2. The lowest BCUT2D eigenvalue weighted by atomic mass is 10.1. The van der Waals surface area contributed by atoms with Crippen molar-refractivity contribution >= 4 is 10.0 Å². The fourth-order valence-corrected chi connectivity index (χ4v) is 3.72. The summed E-state index contributed by atoms with van der Waals surface area (Å²) in [6.45, 7) is 11.6. The summed E-state index contributed by atoms with van der Waals surface area (Å²) in [5.41, 5.74) is 1.95. The van der Waals surface area contributed by atoms with Gasteiger partial charge in [0.15, 0.2) is 0 Å². The van der Waals surface area contributed by atoms with Crippen LogP contribution in [0.5, 0.6) is 5.75 Å². The van der Waals surface area contributed by atoms with Crippen molar-refractivity contribution in [1.29, 1.82) is 0 Å². The second kappa shape index (κ2) is 9.25. The van der Waals surface area contributed by atoms with E-state index in [4.69, 9.17) is 4.74 Å². The number of hydrogen-bond acceptors (Lipinski definition) is 4. The van der Waals surface area contributed by atoms with Gasteiger partial charge in [-0.2, -0.15) is 0 Å². The largest absolute Gasteiger partial charge is 0.495 e. The Bertz CT molecular complexity index is 596. The first kappa shape index (κ1) is 19.9. The monoisotopic (exact) mass is 342 g/mol. The van der Waals surface area contributed by atoms with Gasteiger partial charge in [0.2, 0.25) is 10.0 Å². The molecule has 0 bridgehead atoms. The number of hydrogen-bond donors (Lipinski definition) is 1. The van der Waals surface area contributed by atoms with E-state index < -0.39 is 10.0 Å². The molecule has 6 heteroatoms. The van der Waals surface area contributed by atoms with Gasteiger partial charge in [0.25, 0.3) is 0 Å². The molecule has 1 rings (SSSR count). The summed E-state index contributed by atoms with van der Waals surface area (Å²) in [5, 5.41) is 0. The normalized spacial score (nSPS) is 11.9. The van der Waals surface area contributed by atoms with Crippen molar-refractivity contribution in [2.45, 2.75) is 45.4 Å². The van der Waals surface area contributed by atoms with Crippen molar-refractivity contribution in [1.82, 2.24) is 9.62 Å². The Balaban J connectivity index is 2.65. The molecule has 0 heterocycles. The van der Waals surface area contributed by atoms with Gasteiger partial charge in [-0.1, -0.05) is 13.8 Å². The molecule has 0 atom stereocenters. The fourth-order valence-electron chi connectivity index (χ4n) is 2.42. The van der Waals surface area contributed by atoms with E-state index in [9.17, 15) is 8.42 Å². The Kier molecular flexibility index (Phi) is 8.02. The predicted octanol–water partition coefficient (Wildman–Crippen LogP) is 2.71. The van der Waals surface area contributed by atoms with Crippen LogP contribution >= 0.6 is 0 Å². The molecule has 0 aromatic heterocycles. The summed E-state index contributed by atoms with van der Waals surface area (Å²) in [5.74, 6) is 0.392. The molecular weight excluding hydrogens is 312 g/mol. The Labute approximate surface area is 141 Å². The summed E-state index contributed by atoms with van der Waals surface area (Å²) in [4.78, 5) is 2.55. The molecule has 0 aliphatic heterocycles. The molecule has 0 radical (unpaired) electrons. The molecule has 132 valence electrons. The number of rotatable bonds is 10. The minimum absolute atomic E-state index is 0.215. The van der Waals surface area contributed by atoms with Crippen LogP contribution in [0, 0.1) is 13.8 Å². The van der Waals surface area contributed by atoms with E-state index in [0.717, 1.165) is 43.6 Å².